The molecule has 0 saturated carbocycles. The Bertz CT molecular complexity index is 2870. The molecule has 0 atom stereocenters. The van der Waals surface area contributed by atoms with Crippen LogP contribution in [0.15, 0.2) is 139 Å². The van der Waals surface area contributed by atoms with Gasteiger partial charge >= 0.3 is 48.3 Å². The van der Waals surface area contributed by atoms with E-state index in [1.54, 1.807) is 0 Å². The fourth-order valence-electron chi connectivity index (χ4n) is 7.51. The highest BCUT2D eigenvalue weighted by Gasteiger charge is 2.21. The molecule has 0 unspecified atom stereocenters. The minimum absolute atomic E-state index is 0.00941. The summed E-state index contributed by atoms with van der Waals surface area (Å²) in [6.07, 6.45) is 4.77. The third-order valence-corrected chi connectivity index (χ3v) is 11.7. The van der Waals surface area contributed by atoms with Crippen LogP contribution < -0.4 is 31.5 Å². The van der Waals surface area contributed by atoms with Gasteiger partial charge in [0.15, 0.2) is 32.0 Å². The van der Waals surface area contributed by atoms with Crippen molar-refractivity contribution in [1.29, 1.82) is 0 Å². The first-order valence-corrected chi connectivity index (χ1v) is 26.5. The Morgan fingerprint density at radius 2 is 0.843 bits per heavy atom. The zero-order chi connectivity index (χ0) is 60.7. The molecule has 4 amide bonds. The first kappa shape index (κ1) is 65.8. The van der Waals surface area contributed by atoms with E-state index in [1.165, 1.54) is 27.7 Å². The van der Waals surface area contributed by atoms with Crippen LogP contribution in [-0.2, 0) is 57.1 Å². The van der Waals surface area contributed by atoms with Crippen molar-refractivity contribution in [3.63, 3.8) is 0 Å². The van der Waals surface area contributed by atoms with Gasteiger partial charge in [-0.1, -0.05) is 68.8 Å². The van der Waals surface area contributed by atoms with Crippen molar-refractivity contribution in [1.82, 2.24) is 21.3 Å². The van der Waals surface area contributed by atoms with E-state index < -0.39 is 48.3 Å². The third kappa shape index (κ3) is 23.1. The first-order valence-electron chi connectivity index (χ1n) is 26.5. The predicted octanol–water partition coefficient (Wildman–Crippen LogP) is 6.45. The van der Waals surface area contributed by atoms with Gasteiger partial charge in [0, 0.05) is 58.3 Å². The smallest absolute Gasteiger partial charge is 0.407 e. The highest BCUT2D eigenvalue weighted by atomic mass is 16.6. The second kappa shape index (κ2) is 35.1. The van der Waals surface area contributed by atoms with E-state index >= 15 is 0 Å². The summed E-state index contributed by atoms with van der Waals surface area (Å²) in [6, 6.07) is 19.8. The fourth-order valence-corrected chi connectivity index (χ4v) is 7.51. The number of hydrogen-bond donors (Lipinski definition) is 5. The van der Waals surface area contributed by atoms with Gasteiger partial charge in [0.05, 0.1) is 39.3 Å². The normalized spacial score (nSPS) is 11.2. The minimum Gasteiger partial charge on any atom is -0.460 e. The van der Waals surface area contributed by atoms with Crippen LogP contribution >= 0.6 is 0 Å². The number of rotatable bonds is 32. The van der Waals surface area contributed by atoms with Crippen molar-refractivity contribution in [3.8, 4) is 0 Å². The number of hydrogen-bond acceptors (Lipinski definition) is 18. The summed E-state index contributed by atoms with van der Waals surface area (Å²) in [5.41, 5.74) is 6.66. The number of nitrogens with zero attached hydrogens (tertiary/aromatic N) is 2. The number of fused-ring (bicyclic) bond motifs is 1. The van der Waals surface area contributed by atoms with Gasteiger partial charge in [-0.15, -0.1) is 0 Å². The molecule has 83 heavy (non-hydrogen) atoms. The maximum Gasteiger partial charge on any atom is 0.407 e. The summed E-state index contributed by atoms with van der Waals surface area (Å²) in [5, 5.41) is 15.4. The Balaban J connectivity index is 1.64. The molecule has 5 N–H and O–H groups in total. The Labute approximate surface area is 482 Å². The number of ether oxygens (including phenoxy) is 8. The number of allylic oxidation sites excluding steroid dienone is 5. The summed E-state index contributed by atoms with van der Waals surface area (Å²) < 4.78 is 43.8. The highest BCUT2D eigenvalue weighted by molar-refractivity contribution is 6.07. The van der Waals surface area contributed by atoms with Crippen LogP contribution in [0.25, 0.3) is 16.3 Å². The van der Waals surface area contributed by atoms with Crippen LogP contribution in [0.4, 0.5) is 30.6 Å². The van der Waals surface area contributed by atoms with E-state index in [2.05, 4.69) is 52.9 Å². The summed E-state index contributed by atoms with van der Waals surface area (Å²) in [7, 11) is 1.86. The van der Waals surface area contributed by atoms with E-state index in [0.29, 0.717) is 11.4 Å². The Hall–Kier alpha value is -9.67. The van der Waals surface area contributed by atoms with E-state index in [0.717, 1.165) is 38.7 Å². The molecule has 23 nitrogen and oxygen atoms in total. The van der Waals surface area contributed by atoms with Crippen LogP contribution in [0.5, 0.6) is 0 Å². The van der Waals surface area contributed by atoms with E-state index in [4.69, 9.17) is 37.9 Å². The van der Waals surface area contributed by atoms with Crippen molar-refractivity contribution < 1.29 is 80.8 Å². The van der Waals surface area contributed by atoms with Crippen molar-refractivity contribution >= 4 is 81.7 Å². The SMILES string of the molecule is C=C(C)C(=O)OCCNC(=O)OCCN(CCOC(=O)NCCOC(=O)C(=C)C)c1ccc(C(=C2C=CC(=[N+](CCOC(=O)NCCOC(=O)C(=C)C)CCOC(=O)NCCOC(=O)C(=C)C)C=C2)c2ccc(NC)c3ccccc23)cc1. The average Bonchev–Trinajstić information content (AvgIpc) is 3.53. The molecule has 0 aliphatic heterocycles. The average molecular weight is 1150 g/mol. The first-order chi connectivity index (χ1) is 39.8. The largest absolute Gasteiger partial charge is 0.460 e. The molecule has 0 heterocycles. The van der Waals surface area contributed by atoms with Crippen LogP contribution in [0, 0.1) is 0 Å². The molecular formula is C60H74N7O16+. The highest BCUT2D eigenvalue weighted by Crippen LogP contribution is 2.37. The number of esters is 4. The van der Waals surface area contributed by atoms with E-state index in [9.17, 15) is 38.4 Å². The Kier molecular flexibility index (Phi) is 27.9. The Morgan fingerprint density at radius 3 is 1.23 bits per heavy atom. The number of alkyl carbamates (subject to hydrolysis) is 4. The van der Waals surface area contributed by atoms with Gasteiger partial charge < -0.3 is 69.4 Å². The summed E-state index contributed by atoms with van der Waals surface area (Å²) in [4.78, 5) is 99.3. The lowest BCUT2D eigenvalue weighted by Crippen LogP contribution is -2.36. The topological polar surface area (TPSA) is 277 Å². The van der Waals surface area contributed by atoms with E-state index in [-0.39, 0.29) is 128 Å². The number of anilines is 2. The van der Waals surface area contributed by atoms with Crippen molar-refractivity contribution in [2.45, 2.75) is 27.7 Å². The lowest BCUT2D eigenvalue weighted by molar-refractivity contribution is -0.530. The predicted molar refractivity (Wildman–Crippen MR) is 312 cm³/mol. The van der Waals surface area contributed by atoms with Gasteiger partial charge in [-0.25, -0.2) is 42.9 Å². The summed E-state index contributed by atoms with van der Waals surface area (Å²) in [6.45, 7) is 20.3. The molecule has 0 fully saturated rings. The zero-order valence-electron chi connectivity index (χ0n) is 47.7. The molecule has 0 bridgehead atoms. The van der Waals surface area contributed by atoms with Crippen molar-refractivity contribution in [3.05, 3.63) is 150 Å². The fraction of sp³-hybridized carbons (Fsp3) is 0.350. The van der Waals surface area contributed by atoms with Crippen LogP contribution in [0.3, 0.4) is 0 Å². The molecule has 0 aromatic heterocycles. The minimum atomic E-state index is -0.735. The van der Waals surface area contributed by atoms with Crippen molar-refractivity contribution in [2.75, 3.05) is 122 Å². The second-order valence-corrected chi connectivity index (χ2v) is 18.3. The van der Waals surface area contributed by atoms with Crippen molar-refractivity contribution in [2.24, 2.45) is 0 Å². The summed E-state index contributed by atoms with van der Waals surface area (Å²) >= 11 is 0. The van der Waals surface area contributed by atoms with Crippen LogP contribution in [-0.4, -0.2) is 171 Å². The molecule has 1 aliphatic carbocycles. The van der Waals surface area contributed by atoms with Crippen LogP contribution in [0.2, 0.25) is 0 Å². The molecule has 3 aromatic carbocycles. The molecule has 0 spiro atoms. The van der Waals surface area contributed by atoms with E-state index in [1.807, 2.05) is 101 Å². The van der Waals surface area contributed by atoms with Gasteiger partial charge in [-0.2, -0.15) is 0 Å². The number of carbonyl (C=O) groups is 8. The maximum atomic E-state index is 12.6. The molecular weight excluding hydrogens is 1070 g/mol. The Morgan fingerprint density at radius 1 is 0.458 bits per heavy atom. The molecule has 23 heteroatoms. The standard InChI is InChI=1S/C60H73N7O16/c1-40(2)53(68)76-32-24-62-57(72)80-36-28-66(29-37-81-58(73)63-25-33-77-54(69)41(3)4)46-18-14-44(15-19-46)52(50-22-23-51(61-9)49-13-11-10-12-48(49)50)45-16-20-47(21-17-45)67(30-38-82-59(74)64-26-34-78-55(70)42(5)6)31-39-83-60(75)65-27-35-79-56(71)43(7)8/h10-23H,1,3,5,7,24-39H2,2,4,6,8-9H3,(H4,62,63,64,65,72,73,74,75)/p+1. The lowest BCUT2D eigenvalue weighted by Gasteiger charge is -2.25. The number of amides is 4. The summed E-state index contributed by atoms with van der Waals surface area (Å²) in [5.74, 6) is -2.33. The molecule has 444 valence electrons. The number of carbonyl (C=O) groups excluding carboxylic acids is 8. The third-order valence-electron chi connectivity index (χ3n) is 11.7. The molecule has 0 saturated heterocycles. The lowest BCUT2D eigenvalue weighted by atomic mass is 9.87. The van der Waals surface area contributed by atoms with Gasteiger partial charge in [0.2, 0.25) is 0 Å². The molecule has 1 aliphatic rings. The van der Waals surface area contributed by atoms with Gasteiger partial charge in [-0.05, 0) is 85.7 Å². The molecule has 0 radical (unpaired) electrons. The monoisotopic (exact) mass is 1150 g/mol. The second-order valence-electron chi connectivity index (χ2n) is 18.3. The van der Waals surface area contributed by atoms with Gasteiger partial charge in [-0.3, -0.25) is 0 Å². The molecule has 4 rings (SSSR count). The quantitative estimate of drug-likeness (QED) is 0.0148. The van der Waals surface area contributed by atoms with Gasteiger partial charge in [0.1, 0.15) is 39.6 Å². The van der Waals surface area contributed by atoms with Gasteiger partial charge in [0.25, 0.3) is 0 Å². The molecule has 3 aromatic rings. The zero-order valence-corrected chi connectivity index (χ0v) is 47.7. The van der Waals surface area contributed by atoms with Crippen LogP contribution in [0.1, 0.15) is 38.8 Å². The number of benzene rings is 3. The maximum absolute atomic E-state index is 12.6. The number of nitrogens with one attached hydrogen (secondary N) is 5.